The second-order valence-corrected chi connectivity index (χ2v) is 9.41. The summed E-state index contributed by atoms with van der Waals surface area (Å²) < 4.78 is 17.3. The first kappa shape index (κ1) is 20.8. The van der Waals surface area contributed by atoms with Crippen LogP contribution in [0.15, 0.2) is 6.20 Å². The largest absolute Gasteiger partial charge is 0.444 e. The maximum atomic E-state index is 12.2. The number of carbonyl (C=O) groups is 1. The Bertz CT molecular complexity index is 706. The van der Waals surface area contributed by atoms with Crippen molar-refractivity contribution in [3.05, 3.63) is 11.1 Å². The summed E-state index contributed by atoms with van der Waals surface area (Å²) >= 11 is 1.34. The lowest BCUT2D eigenvalue weighted by atomic mass is 9.79. The van der Waals surface area contributed by atoms with Crippen LogP contribution in [0.2, 0.25) is 0 Å². The fourth-order valence-electron chi connectivity index (χ4n) is 3.28. The molecular formula is C19H28N4O4S. The minimum absolute atomic E-state index is 0.0144. The van der Waals surface area contributed by atoms with Crippen molar-refractivity contribution in [3.8, 4) is 6.07 Å². The molecule has 1 aromatic rings. The van der Waals surface area contributed by atoms with E-state index in [1.807, 2.05) is 20.8 Å². The van der Waals surface area contributed by atoms with Gasteiger partial charge in [-0.1, -0.05) is 11.3 Å². The number of hydrogen-bond acceptors (Lipinski definition) is 8. The second-order valence-electron chi connectivity index (χ2n) is 8.38. The lowest BCUT2D eigenvalue weighted by Gasteiger charge is -2.45. The van der Waals surface area contributed by atoms with Gasteiger partial charge in [0.25, 0.3) is 0 Å². The average molecular weight is 409 g/mol. The van der Waals surface area contributed by atoms with Crippen LogP contribution < -0.4 is 5.32 Å². The van der Waals surface area contributed by atoms with Crippen LogP contribution in [0, 0.1) is 16.7 Å². The van der Waals surface area contributed by atoms with E-state index in [9.17, 15) is 4.79 Å². The molecule has 2 aliphatic heterocycles. The first-order valence-corrected chi connectivity index (χ1v) is 10.4. The predicted molar refractivity (Wildman–Crippen MR) is 105 cm³/mol. The van der Waals surface area contributed by atoms with E-state index >= 15 is 0 Å². The van der Waals surface area contributed by atoms with Crippen molar-refractivity contribution in [1.29, 1.82) is 5.26 Å². The van der Waals surface area contributed by atoms with Crippen LogP contribution in [0.3, 0.4) is 0 Å². The summed E-state index contributed by atoms with van der Waals surface area (Å²) in [6.07, 6.45) is 3.50. The number of carbonyl (C=O) groups excluding carboxylic acids is 1. The monoisotopic (exact) mass is 408 g/mol. The molecule has 8 nitrogen and oxygen atoms in total. The molecule has 0 aromatic carbocycles. The molecule has 3 heterocycles. The number of nitrogens with zero attached hydrogens (tertiary/aromatic N) is 3. The quantitative estimate of drug-likeness (QED) is 0.817. The zero-order valence-electron chi connectivity index (χ0n) is 16.7. The normalized spacial score (nSPS) is 20.0. The van der Waals surface area contributed by atoms with Crippen LogP contribution in [-0.4, -0.2) is 60.7 Å². The summed E-state index contributed by atoms with van der Waals surface area (Å²) in [6.45, 7) is 8.94. The average Bonchev–Trinajstić information content (AvgIpc) is 3.11. The van der Waals surface area contributed by atoms with Crippen molar-refractivity contribution >= 4 is 22.6 Å². The summed E-state index contributed by atoms with van der Waals surface area (Å²) in [4.78, 5) is 18.7. The van der Waals surface area contributed by atoms with E-state index in [4.69, 9.17) is 19.5 Å². The van der Waals surface area contributed by atoms with Gasteiger partial charge in [0.05, 0.1) is 19.4 Å². The molecular weight excluding hydrogens is 380 g/mol. The molecule has 0 aliphatic carbocycles. The molecule has 3 rings (SSSR count). The molecule has 28 heavy (non-hydrogen) atoms. The third kappa shape index (κ3) is 5.56. The molecule has 2 aliphatic rings. The predicted octanol–water partition coefficient (Wildman–Crippen LogP) is 3.21. The SMILES string of the molecule is CC(C)(C)OC(=O)N1CCC2(CC1)COC(CCNc1ncc(C#N)s1)OC2. The Balaban J connectivity index is 1.37. The Morgan fingerprint density at radius 3 is 2.68 bits per heavy atom. The van der Waals surface area contributed by atoms with Crippen LogP contribution in [0.1, 0.15) is 44.9 Å². The minimum atomic E-state index is -0.473. The number of ether oxygens (including phenoxy) is 3. The summed E-state index contributed by atoms with van der Waals surface area (Å²) in [5.74, 6) is 0. The van der Waals surface area contributed by atoms with Crippen molar-refractivity contribution in [1.82, 2.24) is 9.88 Å². The zero-order valence-corrected chi connectivity index (χ0v) is 17.5. The minimum Gasteiger partial charge on any atom is -0.444 e. The van der Waals surface area contributed by atoms with Gasteiger partial charge in [-0.2, -0.15) is 5.26 Å². The van der Waals surface area contributed by atoms with Crippen LogP contribution >= 0.6 is 11.3 Å². The Hall–Kier alpha value is -1.89. The first-order valence-electron chi connectivity index (χ1n) is 9.60. The maximum Gasteiger partial charge on any atom is 0.410 e. The van der Waals surface area contributed by atoms with Crippen LogP contribution in [-0.2, 0) is 14.2 Å². The maximum absolute atomic E-state index is 12.2. The number of nitrogens with one attached hydrogen (secondary N) is 1. The highest BCUT2D eigenvalue weighted by Gasteiger charge is 2.41. The summed E-state index contributed by atoms with van der Waals surface area (Å²) in [6, 6.07) is 2.08. The summed E-state index contributed by atoms with van der Waals surface area (Å²) in [7, 11) is 0. The third-order valence-corrected chi connectivity index (χ3v) is 5.76. The smallest absolute Gasteiger partial charge is 0.410 e. The van der Waals surface area contributed by atoms with E-state index in [0.717, 1.165) is 18.0 Å². The number of piperidine rings is 1. The van der Waals surface area contributed by atoms with Gasteiger partial charge in [-0.3, -0.25) is 0 Å². The Morgan fingerprint density at radius 2 is 2.11 bits per heavy atom. The molecule has 0 atom stereocenters. The van der Waals surface area contributed by atoms with Gasteiger partial charge >= 0.3 is 6.09 Å². The lowest BCUT2D eigenvalue weighted by molar-refractivity contribution is -0.237. The van der Waals surface area contributed by atoms with Crippen molar-refractivity contribution in [2.75, 3.05) is 38.2 Å². The molecule has 1 N–H and O–H groups in total. The highest BCUT2D eigenvalue weighted by molar-refractivity contribution is 7.16. The molecule has 154 valence electrons. The van der Waals surface area contributed by atoms with Gasteiger partial charge in [0.1, 0.15) is 16.5 Å². The number of aromatic nitrogens is 1. The highest BCUT2D eigenvalue weighted by atomic mass is 32.1. The van der Waals surface area contributed by atoms with E-state index in [0.29, 0.717) is 44.1 Å². The fourth-order valence-corrected chi connectivity index (χ4v) is 3.92. The molecule has 0 saturated carbocycles. The van der Waals surface area contributed by atoms with Crippen molar-refractivity contribution < 1.29 is 19.0 Å². The fraction of sp³-hybridized carbons (Fsp3) is 0.737. The van der Waals surface area contributed by atoms with Crippen LogP contribution in [0.25, 0.3) is 0 Å². The van der Waals surface area contributed by atoms with Crippen molar-refractivity contribution in [2.45, 2.75) is 51.9 Å². The number of amides is 1. The van der Waals surface area contributed by atoms with Gasteiger partial charge in [0.2, 0.25) is 0 Å². The van der Waals surface area contributed by atoms with E-state index in [-0.39, 0.29) is 17.8 Å². The van der Waals surface area contributed by atoms with Gasteiger partial charge in [-0.05, 0) is 33.6 Å². The van der Waals surface area contributed by atoms with Gasteiger partial charge in [-0.15, -0.1) is 0 Å². The molecule has 1 aromatic heterocycles. The molecule has 2 saturated heterocycles. The Kier molecular flexibility index (Phi) is 6.43. The van der Waals surface area contributed by atoms with Gasteiger partial charge in [0, 0.05) is 31.5 Å². The number of likely N-dealkylation sites (tertiary alicyclic amines) is 1. The molecule has 9 heteroatoms. The number of rotatable bonds is 4. The number of thiazole rings is 1. The Labute approximate surface area is 169 Å². The summed E-state index contributed by atoms with van der Waals surface area (Å²) in [5.41, 5.74) is -0.487. The Morgan fingerprint density at radius 1 is 1.43 bits per heavy atom. The standard InChI is InChI=1S/C19H28N4O4S/c1-18(2,3)27-17(24)23-8-5-19(6-9-23)12-25-15(26-13-19)4-7-21-16-22-11-14(10-20)28-16/h11,15H,4-9,12-13H2,1-3H3,(H,21,22). The second kappa shape index (κ2) is 8.64. The van der Waals surface area contributed by atoms with Crippen LogP contribution in [0.5, 0.6) is 0 Å². The number of nitriles is 1. The third-order valence-electron chi connectivity index (χ3n) is 4.90. The number of anilines is 1. The first-order chi connectivity index (χ1) is 13.3. The molecule has 1 spiro atoms. The van der Waals surface area contributed by atoms with Gasteiger partial charge in [-0.25, -0.2) is 9.78 Å². The molecule has 1 amide bonds. The summed E-state index contributed by atoms with van der Waals surface area (Å²) in [5, 5.41) is 12.7. The van der Waals surface area contributed by atoms with Crippen molar-refractivity contribution in [2.24, 2.45) is 5.41 Å². The molecule has 0 bridgehead atoms. The highest BCUT2D eigenvalue weighted by Crippen LogP contribution is 2.36. The zero-order chi connectivity index (χ0) is 20.2. The number of hydrogen-bond donors (Lipinski definition) is 1. The molecule has 0 radical (unpaired) electrons. The van der Waals surface area contributed by atoms with E-state index in [2.05, 4.69) is 16.4 Å². The molecule has 0 unspecified atom stereocenters. The van der Waals surface area contributed by atoms with E-state index in [1.165, 1.54) is 11.3 Å². The van der Waals surface area contributed by atoms with E-state index < -0.39 is 5.60 Å². The van der Waals surface area contributed by atoms with Crippen molar-refractivity contribution in [3.63, 3.8) is 0 Å². The van der Waals surface area contributed by atoms with Crippen LogP contribution in [0.4, 0.5) is 9.93 Å². The molecule has 2 fully saturated rings. The van der Waals surface area contributed by atoms with E-state index in [1.54, 1.807) is 11.1 Å². The topological polar surface area (TPSA) is 96.7 Å². The lowest BCUT2D eigenvalue weighted by Crippen LogP contribution is -2.51. The van der Waals surface area contributed by atoms with Gasteiger partial charge in [0.15, 0.2) is 11.4 Å². The van der Waals surface area contributed by atoms with Gasteiger partial charge < -0.3 is 24.4 Å².